The molecule has 0 amide bonds. The highest BCUT2D eigenvalue weighted by Crippen LogP contribution is 2.24. The lowest BCUT2D eigenvalue weighted by Crippen LogP contribution is -2.20. The van der Waals surface area contributed by atoms with Gasteiger partial charge in [0.15, 0.2) is 0 Å². The molecule has 0 bridgehead atoms. The molecule has 0 aliphatic carbocycles. The molecule has 3 rings (SSSR count). The minimum absolute atomic E-state index is 0.299. The van der Waals surface area contributed by atoms with Crippen LogP contribution in [0.3, 0.4) is 0 Å². The molecular formula is C18H21NO2. The van der Waals surface area contributed by atoms with E-state index in [-0.39, 0.29) is 0 Å². The number of hydrogen-bond acceptors (Lipinski definition) is 3. The van der Waals surface area contributed by atoms with Crippen LogP contribution in [0.2, 0.25) is 0 Å². The zero-order chi connectivity index (χ0) is 14.5. The van der Waals surface area contributed by atoms with Crippen molar-refractivity contribution in [1.29, 1.82) is 0 Å². The molecule has 0 radical (unpaired) electrons. The van der Waals surface area contributed by atoms with Crippen LogP contribution in [-0.2, 0) is 6.54 Å². The van der Waals surface area contributed by atoms with Crippen LogP contribution in [0.15, 0.2) is 54.6 Å². The van der Waals surface area contributed by atoms with Gasteiger partial charge >= 0.3 is 0 Å². The minimum atomic E-state index is 0.299. The van der Waals surface area contributed by atoms with Gasteiger partial charge in [0.05, 0.1) is 0 Å². The van der Waals surface area contributed by atoms with E-state index in [1.165, 1.54) is 5.56 Å². The van der Waals surface area contributed by atoms with Crippen LogP contribution >= 0.6 is 0 Å². The van der Waals surface area contributed by atoms with Crippen LogP contribution in [0.5, 0.6) is 11.5 Å². The average Bonchev–Trinajstić information content (AvgIpc) is 2.96. The molecule has 21 heavy (non-hydrogen) atoms. The van der Waals surface area contributed by atoms with Crippen molar-refractivity contribution in [2.45, 2.75) is 13.0 Å². The van der Waals surface area contributed by atoms with Crippen molar-refractivity contribution in [3.8, 4) is 11.5 Å². The number of aliphatic hydroxyl groups excluding tert-OH is 1. The minimum Gasteiger partial charge on any atom is -0.457 e. The van der Waals surface area contributed by atoms with Gasteiger partial charge in [-0.25, -0.2) is 0 Å². The van der Waals surface area contributed by atoms with Gasteiger partial charge in [-0.05, 0) is 48.7 Å². The van der Waals surface area contributed by atoms with Gasteiger partial charge in [-0.3, -0.25) is 4.90 Å². The largest absolute Gasteiger partial charge is 0.457 e. The second kappa shape index (κ2) is 6.74. The number of hydrogen-bond donors (Lipinski definition) is 1. The van der Waals surface area contributed by atoms with Gasteiger partial charge in [0, 0.05) is 19.7 Å². The van der Waals surface area contributed by atoms with Gasteiger partial charge in [0.25, 0.3) is 0 Å². The first-order chi connectivity index (χ1) is 10.3. The highest BCUT2D eigenvalue weighted by molar-refractivity contribution is 5.33. The van der Waals surface area contributed by atoms with E-state index in [4.69, 9.17) is 4.74 Å². The summed E-state index contributed by atoms with van der Waals surface area (Å²) >= 11 is 0. The predicted molar refractivity (Wildman–Crippen MR) is 83.4 cm³/mol. The molecule has 2 aromatic carbocycles. The molecule has 1 N–H and O–H groups in total. The number of aliphatic hydroxyl groups is 1. The van der Waals surface area contributed by atoms with E-state index in [1.54, 1.807) is 0 Å². The third kappa shape index (κ3) is 3.84. The standard InChI is InChI=1S/C18H21NO2/c20-14-16-9-10-19(13-16)12-15-5-4-8-18(11-15)21-17-6-2-1-3-7-17/h1-8,11,16,20H,9-10,12-14H2. The number of para-hydroxylation sites is 1. The quantitative estimate of drug-likeness (QED) is 0.914. The van der Waals surface area contributed by atoms with Crippen molar-refractivity contribution in [2.75, 3.05) is 19.7 Å². The van der Waals surface area contributed by atoms with Crippen LogP contribution in [0, 0.1) is 5.92 Å². The molecular weight excluding hydrogens is 262 g/mol. The van der Waals surface area contributed by atoms with Crippen LogP contribution in [0.1, 0.15) is 12.0 Å². The van der Waals surface area contributed by atoms with Gasteiger partial charge in [-0.15, -0.1) is 0 Å². The fourth-order valence-corrected chi connectivity index (χ4v) is 2.80. The van der Waals surface area contributed by atoms with E-state index in [2.05, 4.69) is 17.0 Å². The van der Waals surface area contributed by atoms with E-state index >= 15 is 0 Å². The first kappa shape index (κ1) is 14.1. The topological polar surface area (TPSA) is 32.7 Å². The van der Waals surface area contributed by atoms with Crippen molar-refractivity contribution in [3.63, 3.8) is 0 Å². The Balaban J connectivity index is 1.63. The zero-order valence-electron chi connectivity index (χ0n) is 12.1. The second-order valence-corrected chi connectivity index (χ2v) is 5.63. The van der Waals surface area contributed by atoms with Gasteiger partial charge in [0.2, 0.25) is 0 Å². The lowest BCUT2D eigenvalue weighted by atomic mass is 10.1. The summed E-state index contributed by atoms with van der Waals surface area (Å²) in [5, 5.41) is 9.21. The Labute approximate surface area is 125 Å². The zero-order valence-corrected chi connectivity index (χ0v) is 12.1. The molecule has 3 heteroatoms. The summed E-state index contributed by atoms with van der Waals surface area (Å²) in [6.07, 6.45) is 1.09. The van der Waals surface area contributed by atoms with Crippen molar-refractivity contribution >= 4 is 0 Å². The summed E-state index contributed by atoms with van der Waals surface area (Å²) in [7, 11) is 0. The van der Waals surface area contributed by atoms with Gasteiger partial charge in [-0.2, -0.15) is 0 Å². The van der Waals surface area contributed by atoms with Crippen LogP contribution in [0.25, 0.3) is 0 Å². The maximum absolute atomic E-state index is 9.21. The van der Waals surface area contributed by atoms with Crippen molar-refractivity contribution in [1.82, 2.24) is 4.90 Å². The number of ether oxygens (including phenoxy) is 1. The highest BCUT2D eigenvalue weighted by atomic mass is 16.5. The highest BCUT2D eigenvalue weighted by Gasteiger charge is 2.21. The lowest BCUT2D eigenvalue weighted by Gasteiger charge is -2.16. The molecule has 1 fully saturated rings. The Morgan fingerprint density at radius 2 is 1.86 bits per heavy atom. The molecule has 2 aromatic rings. The predicted octanol–water partition coefficient (Wildman–Crippen LogP) is 3.29. The maximum atomic E-state index is 9.21. The molecule has 1 atom stereocenters. The Morgan fingerprint density at radius 1 is 1.05 bits per heavy atom. The lowest BCUT2D eigenvalue weighted by molar-refractivity contribution is 0.220. The molecule has 1 saturated heterocycles. The smallest absolute Gasteiger partial charge is 0.127 e. The summed E-state index contributed by atoms with van der Waals surface area (Å²) < 4.78 is 5.87. The summed E-state index contributed by atoms with van der Waals surface area (Å²) in [4.78, 5) is 2.39. The Kier molecular flexibility index (Phi) is 4.53. The van der Waals surface area contributed by atoms with Gasteiger partial charge < -0.3 is 9.84 Å². The monoisotopic (exact) mass is 283 g/mol. The Bertz CT molecular complexity index is 570. The maximum Gasteiger partial charge on any atom is 0.127 e. The van der Waals surface area contributed by atoms with E-state index in [9.17, 15) is 5.11 Å². The average molecular weight is 283 g/mol. The Morgan fingerprint density at radius 3 is 2.62 bits per heavy atom. The molecule has 1 heterocycles. The summed E-state index contributed by atoms with van der Waals surface area (Å²) in [5.41, 5.74) is 1.25. The first-order valence-electron chi connectivity index (χ1n) is 7.48. The first-order valence-corrected chi connectivity index (χ1v) is 7.48. The molecule has 0 saturated carbocycles. The van der Waals surface area contributed by atoms with E-state index in [0.717, 1.165) is 37.6 Å². The van der Waals surface area contributed by atoms with Gasteiger partial charge in [-0.1, -0.05) is 30.3 Å². The summed E-state index contributed by atoms with van der Waals surface area (Å²) in [6, 6.07) is 18.1. The van der Waals surface area contributed by atoms with E-state index in [0.29, 0.717) is 12.5 Å². The van der Waals surface area contributed by atoms with Gasteiger partial charge in [0.1, 0.15) is 11.5 Å². The molecule has 1 aliphatic heterocycles. The summed E-state index contributed by atoms with van der Waals surface area (Å²) in [6.45, 7) is 3.27. The number of likely N-dealkylation sites (tertiary alicyclic amines) is 1. The normalized spacial score (nSPS) is 18.8. The summed E-state index contributed by atoms with van der Waals surface area (Å²) in [5.74, 6) is 2.17. The van der Waals surface area contributed by atoms with E-state index < -0.39 is 0 Å². The third-order valence-electron chi connectivity index (χ3n) is 3.91. The molecule has 110 valence electrons. The van der Waals surface area contributed by atoms with Crippen molar-refractivity contribution in [2.24, 2.45) is 5.92 Å². The Hall–Kier alpha value is -1.84. The van der Waals surface area contributed by atoms with E-state index in [1.807, 2.05) is 42.5 Å². The van der Waals surface area contributed by atoms with Crippen molar-refractivity contribution < 1.29 is 9.84 Å². The molecule has 1 unspecified atom stereocenters. The molecule has 0 aromatic heterocycles. The second-order valence-electron chi connectivity index (χ2n) is 5.63. The number of rotatable bonds is 5. The SMILES string of the molecule is OCC1CCN(Cc2cccc(Oc3ccccc3)c2)C1. The molecule has 3 nitrogen and oxygen atoms in total. The third-order valence-corrected chi connectivity index (χ3v) is 3.91. The fourth-order valence-electron chi connectivity index (χ4n) is 2.80. The number of nitrogens with zero attached hydrogens (tertiary/aromatic N) is 1. The fraction of sp³-hybridized carbons (Fsp3) is 0.333. The van der Waals surface area contributed by atoms with Crippen LogP contribution < -0.4 is 4.74 Å². The van der Waals surface area contributed by atoms with Crippen molar-refractivity contribution in [3.05, 3.63) is 60.2 Å². The number of benzene rings is 2. The van der Waals surface area contributed by atoms with Crippen LogP contribution in [0.4, 0.5) is 0 Å². The molecule has 0 spiro atoms. The molecule has 1 aliphatic rings. The van der Waals surface area contributed by atoms with Crippen LogP contribution in [-0.4, -0.2) is 29.7 Å².